The fourth-order valence-electron chi connectivity index (χ4n) is 19.4. The van der Waals surface area contributed by atoms with Gasteiger partial charge in [-0.1, -0.05) is 51.5 Å². The standard InChI is InChI=1S/C71H104O33/c1-29-54(100-59-50(85)44(79)37(76)26-94-59)49(84)53(88)60(95-29)102-57-56(101-61-51(86)48(83)46(81)39(98-61)27-93-31(3)74)55(99-43(78)17-12-32-10-13-33(92-9)14-11-32)30(2)96-63(57)104-65(91)71-21-20-70(28-73)34(35(71)22-66(4,5)24-42(71)77)15-16-40-67(6)23-36(75)58(69(8,64(89)90)41(67)18-19-68(40,70)7)103-62-52(87)47(82)45(80)38(25-72)97-62/h10-15,17,29-30,35-42,44-63,72-73,75-77,79-88H,16,18-28H2,1-9H3,(H,89,90)/b17-12+/t29-,30+,35-,36-,37+,38+,39+,40+,41?,42+,44-,45+,46+,47-,48-,49-,50+,51+,52+,53+,54-,55-,56-,57+,58-,59-,60-,61-,62-,63-,67+,68+,69-,70-,71-/m0/s1. The normalized spacial score (nSPS) is 48.6. The molecular weight excluding hydrogens is 1380 g/mol. The van der Waals surface area contributed by atoms with E-state index >= 15 is 4.79 Å². The van der Waals surface area contributed by atoms with Crippen molar-refractivity contribution in [1.29, 1.82) is 0 Å². The number of rotatable bonds is 19. The van der Waals surface area contributed by atoms with E-state index in [9.17, 15) is 96.1 Å². The number of aliphatic hydroxyl groups is 15. The number of carbonyl (C=O) groups is 4. The first kappa shape index (κ1) is 80.4. The molecule has 4 saturated carbocycles. The second-order valence-electron chi connectivity index (χ2n) is 31.7. The number of fused-ring (bicyclic) bond motifs is 7. The molecule has 0 radical (unpaired) electrons. The molecule has 0 spiro atoms. The summed E-state index contributed by atoms with van der Waals surface area (Å²) in [6.45, 7) is 10.5. The molecule has 0 bridgehead atoms. The zero-order chi connectivity index (χ0) is 76.0. The molecule has 0 amide bonds. The number of allylic oxidation sites excluding steroid dienone is 1. The number of carboxylic acids is 1. The van der Waals surface area contributed by atoms with Gasteiger partial charge < -0.3 is 143 Å². The van der Waals surface area contributed by atoms with Crippen LogP contribution in [0.25, 0.3) is 6.08 Å². The number of carboxylic acid groups (broad SMARTS) is 1. The lowest BCUT2D eigenvalue weighted by Gasteiger charge is -2.71. The summed E-state index contributed by atoms with van der Waals surface area (Å²) in [5, 5.41) is 181. The van der Waals surface area contributed by atoms with Gasteiger partial charge in [0.2, 0.25) is 6.29 Å². The first-order valence-electron chi connectivity index (χ1n) is 35.6. The van der Waals surface area contributed by atoms with E-state index in [1.807, 2.05) is 33.8 Å². The molecular formula is C71H104O33. The monoisotopic (exact) mass is 1480 g/mol. The van der Waals surface area contributed by atoms with Crippen LogP contribution in [0.5, 0.6) is 5.75 Å². The van der Waals surface area contributed by atoms with Gasteiger partial charge >= 0.3 is 23.9 Å². The van der Waals surface area contributed by atoms with E-state index < -0.39 is 266 Å². The predicted octanol–water partition coefficient (Wildman–Crippen LogP) is -2.69. The number of hydrogen-bond donors (Lipinski definition) is 16. The molecule has 10 aliphatic rings. The van der Waals surface area contributed by atoms with E-state index in [1.165, 1.54) is 34.0 Å². The summed E-state index contributed by atoms with van der Waals surface area (Å²) in [5.74, 6) is -6.01. The Morgan fingerprint density at radius 1 is 0.596 bits per heavy atom. The van der Waals surface area contributed by atoms with E-state index in [-0.39, 0.29) is 51.4 Å². The van der Waals surface area contributed by atoms with Crippen LogP contribution in [0, 0.1) is 50.2 Å². The van der Waals surface area contributed by atoms with Crippen molar-refractivity contribution in [2.24, 2.45) is 50.2 Å². The minimum absolute atomic E-state index is 0.00656. The van der Waals surface area contributed by atoms with Crippen LogP contribution < -0.4 is 4.74 Å². The van der Waals surface area contributed by atoms with Crippen LogP contribution in [-0.2, 0) is 76.0 Å². The van der Waals surface area contributed by atoms with Crippen LogP contribution in [-0.4, -0.2) is 305 Å². The highest BCUT2D eigenvalue weighted by molar-refractivity contribution is 5.87. The van der Waals surface area contributed by atoms with Gasteiger partial charge in [-0.2, -0.15) is 0 Å². The number of hydrogen-bond acceptors (Lipinski definition) is 32. The fraction of sp³-hybridized carbons (Fsp3) is 0.803. The molecule has 1 aromatic rings. The molecule has 586 valence electrons. The number of ether oxygens (including phenoxy) is 13. The van der Waals surface area contributed by atoms with Crippen molar-refractivity contribution in [3.05, 3.63) is 47.6 Å². The number of methoxy groups -OCH3 is 1. The van der Waals surface area contributed by atoms with Crippen LogP contribution >= 0.6 is 0 Å². The minimum Gasteiger partial charge on any atom is -0.497 e. The van der Waals surface area contributed by atoms with Crippen LogP contribution in [0.1, 0.15) is 112 Å². The van der Waals surface area contributed by atoms with Gasteiger partial charge in [0.05, 0.1) is 56.8 Å². The fourth-order valence-corrected chi connectivity index (χ4v) is 19.4. The van der Waals surface area contributed by atoms with Gasteiger partial charge in [-0.15, -0.1) is 0 Å². The smallest absolute Gasteiger partial charge is 0.331 e. The Morgan fingerprint density at radius 3 is 1.82 bits per heavy atom. The summed E-state index contributed by atoms with van der Waals surface area (Å²) in [6.07, 6.45) is -43.6. The van der Waals surface area contributed by atoms with Crippen LogP contribution in [0.4, 0.5) is 0 Å². The Hall–Kier alpha value is -4.58. The molecule has 9 fully saturated rings. The van der Waals surface area contributed by atoms with E-state index in [4.69, 9.17) is 61.6 Å². The van der Waals surface area contributed by atoms with Gasteiger partial charge in [-0.3, -0.25) is 14.4 Å². The second-order valence-corrected chi connectivity index (χ2v) is 31.7. The van der Waals surface area contributed by atoms with Crippen molar-refractivity contribution in [3.63, 3.8) is 0 Å². The Labute approximate surface area is 600 Å². The Kier molecular flexibility index (Phi) is 23.7. The van der Waals surface area contributed by atoms with Crippen molar-refractivity contribution in [2.75, 3.05) is 33.5 Å². The van der Waals surface area contributed by atoms with Crippen LogP contribution in [0.15, 0.2) is 42.0 Å². The van der Waals surface area contributed by atoms with Crippen molar-refractivity contribution < 1.29 is 162 Å². The van der Waals surface area contributed by atoms with Crippen LogP contribution in [0.2, 0.25) is 0 Å². The van der Waals surface area contributed by atoms with E-state index in [0.29, 0.717) is 16.9 Å². The molecule has 5 heterocycles. The number of aliphatic carboxylic acids is 1. The molecule has 1 aromatic carbocycles. The molecule has 0 aromatic heterocycles. The molecule has 5 saturated heterocycles. The van der Waals surface area contributed by atoms with Gasteiger partial charge in [0, 0.05) is 18.4 Å². The Morgan fingerprint density at radius 2 is 1.18 bits per heavy atom. The number of benzene rings is 1. The lowest BCUT2D eigenvalue weighted by Crippen LogP contribution is -2.71. The molecule has 35 atom stereocenters. The summed E-state index contributed by atoms with van der Waals surface area (Å²) < 4.78 is 78.5. The molecule has 5 aliphatic heterocycles. The topological polar surface area (TPSA) is 512 Å². The van der Waals surface area contributed by atoms with E-state index in [0.717, 1.165) is 13.0 Å². The molecule has 33 heteroatoms. The summed E-state index contributed by atoms with van der Waals surface area (Å²) in [5.41, 5.74) is -6.65. The third-order valence-corrected chi connectivity index (χ3v) is 25.1. The molecule has 16 N–H and O–H groups in total. The third kappa shape index (κ3) is 14.1. The highest BCUT2D eigenvalue weighted by Gasteiger charge is 2.75. The molecule has 11 rings (SSSR count). The van der Waals surface area contributed by atoms with E-state index in [2.05, 4.69) is 0 Å². The Balaban J connectivity index is 0.960. The summed E-state index contributed by atoms with van der Waals surface area (Å²) in [6, 6.07) is 6.55. The van der Waals surface area contributed by atoms with E-state index in [1.54, 1.807) is 24.3 Å². The maximum absolute atomic E-state index is 16.4. The second kappa shape index (κ2) is 30.7. The number of carbonyl (C=O) groups excluding carboxylic acids is 3. The molecule has 5 aliphatic carbocycles. The van der Waals surface area contributed by atoms with Gasteiger partial charge in [-0.25, -0.2) is 4.79 Å². The van der Waals surface area contributed by atoms with Crippen molar-refractivity contribution in [1.82, 2.24) is 0 Å². The largest absolute Gasteiger partial charge is 0.497 e. The average Bonchev–Trinajstić information content (AvgIpc) is 0.667. The number of aliphatic hydroxyl groups excluding tert-OH is 15. The number of esters is 3. The highest BCUT2D eigenvalue weighted by atomic mass is 16.8. The predicted molar refractivity (Wildman–Crippen MR) is 348 cm³/mol. The van der Waals surface area contributed by atoms with Gasteiger partial charge in [-0.05, 0) is 130 Å². The quantitative estimate of drug-likeness (QED) is 0.0220. The first-order chi connectivity index (χ1) is 48.9. The highest BCUT2D eigenvalue weighted by Crippen LogP contribution is 2.76. The average molecular weight is 1490 g/mol. The summed E-state index contributed by atoms with van der Waals surface area (Å²) in [7, 11) is 1.47. The zero-order valence-corrected chi connectivity index (χ0v) is 59.4. The van der Waals surface area contributed by atoms with Gasteiger partial charge in [0.1, 0.15) is 115 Å². The zero-order valence-electron chi connectivity index (χ0n) is 59.4. The maximum atomic E-state index is 16.4. The lowest BCUT2D eigenvalue weighted by atomic mass is 9.33. The van der Waals surface area contributed by atoms with Gasteiger partial charge in [0.25, 0.3) is 0 Å². The molecule has 33 nitrogen and oxygen atoms in total. The first-order valence-corrected chi connectivity index (χ1v) is 35.6. The van der Waals surface area contributed by atoms with Crippen molar-refractivity contribution in [2.45, 2.75) is 272 Å². The molecule has 104 heavy (non-hydrogen) atoms. The van der Waals surface area contributed by atoms with Crippen molar-refractivity contribution >= 4 is 30.0 Å². The Bertz CT molecular complexity index is 3260. The maximum Gasteiger partial charge on any atom is 0.331 e. The summed E-state index contributed by atoms with van der Waals surface area (Å²) in [4.78, 5) is 56.7. The van der Waals surface area contributed by atoms with Crippen molar-refractivity contribution in [3.8, 4) is 5.75 Å². The third-order valence-electron chi connectivity index (χ3n) is 25.1. The molecule has 1 unspecified atom stereocenters. The van der Waals surface area contributed by atoms with Crippen LogP contribution in [0.3, 0.4) is 0 Å². The minimum atomic E-state index is -2.18. The SMILES string of the molecule is COc1ccc(/C=C/C(=O)O[C@@H]2[C@H](O[C@@H]3O[C@H](COC(C)=O)[C@@H](O)[C@H](O)[C@H]3O)[C@@H](O[C@@H]3O[C@@H](C)[C@H](O[C@@H]4OC[C@@H](O)[C@H](O)[C@H]4O)[C@@H](O)[C@H]3O)[C@H](OC(=O)[C@@]34CC[C@]5(CO)C(=CC[C@@H]6[C@@]7(C)C[C@H](O)[C@H](O[C@@H]8O[C@H](CO)[C@@H](O)[C@H](O)[C@H]8O)[C@@](C)(C(=O)O)C7CC[C@]65C)[C@@H]3CC(C)(C)C[C@H]4O)O[C@@H]2C)cc1. The summed E-state index contributed by atoms with van der Waals surface area (Å²) >= 11 is 0. The van der Waals surface area contributed by atoms with Gasteiger partial charge in [0.15, 0.2) is 37.4 Å². The lowest BCUT2D eigenvalue weighted by molar-refractivity contribution is -0.391.